The molecule has 0 aliphatic rings. The molecule has 2 aromatic heterocycles. The van der Waals surface area contributed by atoms with E-state index in [1.807, 2.05) is 48.5 Å². The quantitative estimate of drug-likeness (QED) is 0.142. The number of nitrogens with zero attached hydrogens (tertiary/aromatic N) is 2. The summed E-state index contributed by atoms with van der Waals surface area (Å²) in [5.74, 6) is 1.28. The molecule has 0 fully saturated rings. The van der Waals surface area contributed by atoms with Gasteiger partial charge in [-0.2, -0.15) is 0 Å². The van der Waals surface area contributed by atoms with Crippen LogP contribution in [-0.2, 0) is 0 Å². The SMILES string of the molecule is c1ccc2c(-c3ccc(-c4c5ccccc5c(-c5ccc(-c6nc7ccccc7o6)cc5)c5ccccc45)cc3)cccc2c1.c1ccc2cc(-c3ccc(-c4c5ccccc5c(-c5ccc(-c6nc7ccccc7o6)cc5)c5ccccc45)cc3)ccc2c1. The van der Waals surface area contributed by atoms with Gasteiger partial charge < -0.3 is 8.83 Å². The number of hydrogen-bond acceptors (Lipinski definition) is 4. The van der Waals surface area contributed by atoms with Gasteiger partial charge in [0.2, 0.25) is 11.8 Å². The van der Waals surface area contributed by atoms with Gasteiger partial charge in [-0.05, 0) is 186 Å². The van der Waals surface area contributed by atoms with E-state index in [-0.39, 0.29) is 0 Å². The van der Waals surface area contributed by atoms with Crippen LogP contribution in [0.3, 0.4) is 0 Å². The van der Waals surface area contributed by atoms with Crippen molar-refractivity contribution in [2.24, 2.45) is 0 Å². The summed E-state index contributed by atoms with van der Waals surface area (Å²) in [5.41, 5.74) is 19.9. The molecule has 0 unspecified atom stereocenters. The van der Waals surface area contributed by atoms with Crippen molar-refractivity contribution >= 4 is 86.8 Å². The fraction of sp³-hybridized carbons (Fsp3) is 0. The zero-order valence-electron chi connectivity index (χ0n) is 48.9. The zero-order valence-corrected chi connectivity index (χ0v) is 48.9. The van der Waals surface area contributed by atoms with E-state index in [9.17, 15) is 0 Å². The molecule has 0 spiro atoms. The molecule has 0 aliphatic heterocycles. The van der Waals surface area contributed by atoms with Crippen molar-refractivity contribution in [2.45, 2.75) is 0 Å². The Morgan fingerprint density at radius 3 is 0.900 bits per heavy atom. The third-order valence-corrected chi connectivity index (χ3v) is 17.8. The fourth-order valence-electron chi connectivity index (χ4n) is 13.5. The second-order valence-electron chi connectivity index (χ2n) is 23.1. The second-order valence-corrected chi connectivity index (χ2v) is 23.1. The third-order valence-electron chi connectivity index (χ3n) is 17.8. The minimum Gasteiger partial charge on any atom is -0.436 e. The molecule has 2 heterocycles. The van der Waals surface area contributed by atoms with Gasteiger partial charge in [-0.1, -0.05) is 273 Å². The van der Waals surface area contributed by atoms with Gasteiger partial charge in [-0.25, -0.2) is 9.97 Å². The normalized spacial score (nSPS) is 11.6. The first-order chi connectivity index (χ1) is 44.6. The molecule has 18 rings (SSSR count). The minimum atomic E-state index is 0.639. The Morgan fingerprint density at radius 1 is 0.189 bits per heavy atom. The maximum atomic E-state index is 6.05. The highest BCUT2D eigenvalue weighted by Gasteiger charge is 2.20. The summed E-state index contributed by atoms with van der Waals surface area (Å²) in [6, 6.07) is 117. The van der Waals surface area contributed by atoms with Crippen LogP contribution in [0, 0.1) is 0 Å². The summed E-state index contributed by atoms with van der Waals surface area (Å²) in [4.78, 5) is 9.41. The van der Waals surface area contributed by atoms with Gasteiger partial charge in [0, 0.05) is 11.1 Å². The number of hydrogen-bond donors (Lipinski definition) is 0. The van der Waals surface area contributed by atoms with Crippen LogP contribution in [0.4, 0.5) is 0 Å². The Labute approximate surface area is 519 Å². The van der Waals surface area contributed by atoms with Crippen LogP contribution in [0.25, 0.3) is 177 Å². The summed E-state index contributed by atoms with van der Waals surface area (Å²) in [7, 11) is 0. The Balaban J connectivity index is 0.000000139. The van der Waals surface area contributed by atoms with Gasteiger partial charge in [-0.15, -0.1) is 0 Å². The van der Waals surface area contributed by atoms with Crippen molar-refractivity contribution in [1.29, 1.82) is 0 Å². The van der Waals surface area contributed by atoms with Crippen LogP contribution in [-0.4, -0.2) is 9.97 Å². The molecule has 16 aromatic carbocycles. The van der Waals surface area contributed by atoms with Gasteiger partial charge >= 0.3 is 0 Å². The first-order valence-corrected chi connectivity index (χ1v) is 30.6. The van der Waals surface area contributed by atoms with Crippen LogP contribution < -0.4 is 0 Å². The molecule has 4 nitrogen and oxygen atoms in total. The van der Waals surface area contributed by atoms with Crippen molar-refractivity contribution < 1.29 is 8.83 Å². The van der Waals surface area contributed by atoms with Gasteiger partial charge in [0.05, 0.1) is 0 Å². The molecular formula is C86H54N2O2. The van der Waals surface area contributed by atoms with E-state index in [4.69, 9.17) is 18.8 Å². The van der Waals surface area contributed by atoms with E-state index in [0.717, 1.165) is 33.3 Å². The third kappa shape index (κ3) is 9.25. The van der Waals surface area contributed by atoms with Crippen LogP contribution >= 0.6 is 0 Å². The lowest BCUT2D eigenvalue weighted by Crippen LogP contribution is -1.91. The van der Waals surface area contributed by atoms with Crippen molar-refractivity contribution in [3.05, 3.63) is 328 Å². The van der Waals surface area contributed by atoms with E-state index in [1.165, 1.54) is 131 Å². The predicted octanol–water partition coefficient (Wildman–Crippen LogP) is 23.9. The summed E-state index contributed by atoms with van der Waals surface area (Å²) in [5, 5.41) is 15.0. The number of benzene rings is 16. The van der Waals surface area contributed by atoms with E-state index in [0.29, 0.717) is 11.8 Å². The number of fused-ring (bicyclic) bond motifs is 8. The summed E-state index contributed by atoms with van der Waals surface area (Å²) < 4.78 is 12.1. The highest BCUT2D eigenvalue weighted by atomic mass is 16.4. The Hall–Kier alpha value is -12.0. The number of rotatable bonds is 8. The first-order valence-electron chi connectivity index (χ1n) is 30.6. The molecule has 4 heteroatoms. The lowest BCUT2D eigenvalue weighted by Gasteiger charge is -2.18. The van der Waals surface area contributed by atoms with E-state index in [1.54, 1.807) is 0 Å². The molecule has 0 amide bonds. The monoisotopic (exact) mass is 1150 g/mol. The lowest BCUT2D eigenvalue weighted by atomic mass is 9.85. The first kappa shape index (κ1) is 52.4. The predicted molar refractivity (Wildman–Crippen MR) is 377 cm³/mol. The molecule has 0 atom stereocenters. The van der Waals surface area contributed by atoms with Crippen molar-refractivity contribution in [3.63, 3.8) is 0 Å². The average Bonchev–Trinajstić information content (AvgIpc) is 0.951. The molecular weight excluding hydrogens is 1090 g/mol. The average molecular weight is 1150 g/mol. The lowest BCUT2D eigenvalue weighted by molar-refractivity contribution is 0.619. The molecule has 0 aliphatic carbocycles. The van der Waals surface area contributed by atoms with Crippen molar-refractivity contribution in [2.75, 3.05) is 0 Å². The summed E-state index contributed by atoms with van der Waals surface area (Å²) in [6.45, 7) is 0. The topological polar surface area (TPSA) is 52.1 Å². The molecule has 0 radical (unpaired) electrons. The number of para-hydroxylation sites is 4. The van der Waals surface area contributed by atoms with E-state index < -0.39 is 0 Å². The highest BCUT2D eigenvalue weighted by molar-refractivity contribution is 6.23. The maximum Gasteiger partial charge on any atom is 0.227 e. The van der Waals surface area contributed by atoms with Crippen LogP contribution in [0.1, 0.15) is 0 Å². The maximum absolute atomic E-state index is 6.05. The largest absolute Gasteiger partial charge is 0.436 e. The molecule has 0 saturated heterocycles. The summed E-state index contributed by atoms with van der Waals surface area (Å²) >= 11 is 0. The van der Waals surface area contributed by atoms with Crippen molar-refractivity contribution in [3.8, 4) is 89.7 Å². The van der Waals surface area contributed by atoms with Crippen LogP contribution in [0.5, 0.6) is 0 Å². The Kier molecular flexibility index (Phi) is 12.8. The number of aromatic nitrogens is 2. The van der Waals surface area contributed by atoms with E-state index in [2.05, 4.69) is 279 Å². The van der Waals surface area contributed by atoms with Gasteiger partial charge in [0.15, 0.2) is 11.2 Å². The minimum absolute atomic E-state index is 0.639. The second kappa shape index (κ2) is 22.1. The zero-order chi connectivity index (χ0) is 59.5. The summed E-state index contributed by atoms with van der Waals surface area (Å²) in [6.07, 6.45) is 0. The van der Waals surface area contributed by atoms with Gasteiger partial charge in [0.1, 0.15) is 11.0 Å². The van der Waals surface area contributed by atoms with Crippen molar-refractivity contribution in [1.82, 2.24) is 9.97 Å². The highest BCUT2D eigenvalue weighted by Crippen LogP contribution is 2.47. The molecule has 90 heavy (non-hydrogen) atoms. The van der Waals surface area contributed by atoms with Crippen LogP contribution in [0.2, 0.25) is 0 Å². The van der Waals surface area contributed by atoms with Crippen LogP contribution in [0.15, 0.2) is 336 Å². The molecule has 0 N–H and O–H groups in total. The molecule has 0 saturated carbocycles. The molecule has 18 aromatic rings. The molecule has 420 valence electrons. The fourth-order valence-corrected chi connectivity index (χ4v) is 13.5. The van der Waals surface area contributed by atoms with Gasteiger partial charge in [0.25, 0.3) is 0 Å². The smallest absolute Gasteiger partial charge is 0.227 e. The standard InChI is InChI=1S/2C43H27NO/c1-2-12-33-28(10-1)11-9-17-34(33)29-20-22-30(23-21-29)41-35-13-3-5-15-37(35)42(38-16-6-4-14-36(38)41)31-24-26-32(27-25-31)43-44-39-18-7-8-19-40(39)45-43;1-2-10-33-27-34(26-19-28(33)9-1)29-17-20-30(21-18-29)41-35-11-3-5-13-37(35)42(38-14-6-4-12-36(38)41)31-22-24-32(25-23-31)43-44-39-15-7-8-16-40(39)45-43/h2*1-27H. The van der Waals surface area contributed by atoms with E-state index >= 15 is 0 Å². The Morgan fingerprint density at radius 2 is 0.489 bits per heavy atom. The molecule has 0 bridgehead atoms. The van der Waals surface area contributed by atoms with Gasteiger partial charge in [-0.3, -0.25) is 0 Å². The Bertz CT molecular complexity index is 5570. The number of oxazole rings is 2.